The van der Waals surface area contributed by atoms with E-state index in [0.717, 1.165) is 17.8 Å². The number of amides is 3. The molecule has 8 heteroatoms. The fourth-order valence-electron chi connectivity index (χ4n) is 2.10. The SMILES string of the molecule is CC[C@H](C)NC(=O)NC(=O)COC(=O)c1ccc2nc(C)c(C)nc2c1. The molecule has 0 radical (unpaired) electrons. The minimum Gasteiger partial charge on any atom is -0.452 e. The number of benzene rings is 1. The average Bonchev–Trinajstić information content (AvgIpc) is 2.60. The number of carbonyl (C=O) groups is 3. The first-order chi connectivity index (χ1) is 12.3. The van der Waals surface area contributed by atoms with Crippen molar-refractivity contribution in [2.75, 3.05) is 6.61 Å². The summed E-state index contributed by atoms with van der Waals surface area (Å²) in [6.45, 7) is 6.87. The Balaban J connectivity index is 1.95. The average molecular weight is 358 g/mol. The second-order valence-electron chi connectivity index (χ2n) is 6.00. The molecular formula is C18H22N4O4. The summed E-state index contributed by atoms with van der Waals surface area (Å²) in [6, 6.07) is 4.11. The number of carbonyl (C=O) groups excluding carboxylic acids is 3. The van der Waals surface area contributed by atoms with Crippen molar-refractivity contribution in [3.63, 3.8) is 0 Å². The molecular weight excluding hydrogens is 336 g/mol. The van der Waals surface area contributed by atoms with Crippen LogP contribution < -0.4 is 10.6 Å². The predicted molar refractivity (Wildman–Crippen MR) is 95.7 cm³/mol. The number of ether oxygens (including phenoxy) is 1. The van der Waals surface area contributed by atoms with Gasteiger partial charge in [-0.2, -0.15) is 0 Å². The molecule has 1 aromatic heterocycles. The maximum atomic E-state index is 12.1. The fourth-order valence-corrected chi connectivity index (χ4v) is 2.10. The highest BCUT2D eigenvalue weighted by molar-refractivity contribution is 5.98. The number of esters is 1. The van der Waals surface area contributed by atoms with Crippen LogP contribution in [0.1, 0.15) is 42.0 Å². The van der Waals surface area contributed by atoms with Crippen LogP contribution in [0.25, 0.3) is 11.0 Å². The Hall–Kier alpha value is -3.03. The number of nitrogens with zero attached hydrogens (tertiary/aromatic N) is 2. The molecule has 0 bridgehead atoms. The minimum atomic E-state index is -0.703. The smallest absolute Gasteiger partial charge is 0.338 e. The van der Waals surface area contributed by atoms with E-state index < -0.39 is 24.5 Å². The Kier molecular flexibility index (Phi) is 6.21. The quantitative estimate of drug-likeness (QED) is 0.791. The summed E-state index contributed by atoms with van der Waals surface area (Å²) in [6.07, 6.45) is 0.737. The van der Waals surface area contributed by atoms with Crippen molar-refractivity contribution in [2.24, 2.45) is 0 Å². The standard InChI is InChI=1S/C18H22N4O4/c1-5-10(2)19-18(25)22-16(23)9-26-17(24)13-6-7-14-15(8-13)21-12(4)11(3)20-14/h6-8,10H,5,9H2,1-4H3,(H2,19,22,23,25)/t10-/m0/s1. The van der Waals surface area contributed by atoms with Gasteiger partial charge in [0, 0.05) is 6.04 Å². The van der Waals surface area contributed by atoms with Gasteiger partial charge in [0.15, 0.2) is 6.61 Å². The third-order valence-electron chi connectivity index (χ3n) is 3.89. The van der Waals surface area contributed by atoms with E-state index in [2.05, 4.69) is 20.6 Å². The van der Waals surface area contributed by atoms with Crippen LogP contribution in [0, 0.1) is 13.8 Å². The van der Waals surface area contributed by atoms with E-state index in [1.54, 1.807) is 18.2 Å². The molecule has 8 nitrogen and oxygen atoms in total. The highest BCUT2D eigenvalue weighted by atomic mass is 16.5. The molecule has 2 rings (SSSR count). The van der Waals surface area contributed by atoms with Crippen molar-refractivity contribution < 1.29 is 19.1 Å². The van der Waals surface area contributed by atoms with Crippen LogP contribution in [-0.2, 0) is 9.53 Å². The fraction of sp³-hybridized carbons (Fsp3) is 0.389. The minimum absolute atomic E-state index is 0.0591. The van der Waals surface area contributed by atoms with Crippen LogP contribution in [0.15, 0.2) is 18.2 Å². The third-order valence-corrected chi connectivity index (χ3v) is 3.89. The van der Waals surface area contributed by atoms with Gasteiger partial charge in [-0.25, -0.2) is 19.6 Å². The second kappa shape index (κ2) is 8.37. The molecule has 0 aliphatic rings. The molecule has 0 saturated carbocycles. The number of imide groups is 1. The lowest BCUT2D eigenvalue weighted by atomic mass is 10.2. The molecule has 1 aromatic carbocycles. The summed E-state index contributed by atoms with van der Waals surface area (Å²) in [5.74, 6) is -1.38. The van der Waals surface area contributed by atoms with Gasteiger partial charge in [-0.15, -0.1) is 0 Å². The van der Waals surface area contributed by atoms with Crippen LogP contribution >= 0.6 is 0 Å². The van der Waals surface area contributed by atoms with Crippen molar-refractivity contribution >= 4 is 28.9 Å². The molecule has 2 aromatic rings. The lowest BCUT2D eigenvalue weighted by Crippen LogP contribution is -2.44. The van der Waals surface area contributed by atoms with Crippen molar-refractivity contribution in [1.82, 2.24) is 20.6 Å². The zero-order chi connectivity index (χ0) is 19.3. The normalized spacial score (nSPS) is 11.7. The molecule has 3 amide bonds. The van der Waals surface area contributed by atoms with Gasteiger partial charge in [0.2, 0.25) is 0 Å². The Morgan fingerprint density at radius 2 is 1.77 bits per heavy atom. The molecule has 1 atom stereocenters. The van der Waals surface area contributed by atoms with Crippen LogP contribution in [-0.4, -0.2) is 40.5 Å². The number of hydrogen-bond acceptors (Lipinski definition) is 6. The number of nitrogens with one attached hydrogen (secondary N) is 2. The Labute approximate surface area is 151 Å². The molecule has 0 fully saturated rings. The number of urea groups is 1. The summed E-state index contributed by atoms with van der Waals surface area (Å²) >= 11 is 0. The molecule has 1 heterocycles. The van der Waals surface area contributed by atoms with E-state index in [1.807, 2.05) is 27.7 Å². The van der Waals surface area contributed by atoms with Crippen molar-refractivity contribution in [3.05, 3.63) is 35.2 Å². The summed E-state index contributed by atoms with van der Waals surface area (Å²) in [5.41, 5.74) is 3.09. The van der Waals surface area contributed by atoms with E-state index >= 15 is 0 Å². The third kappa shape index (κ3) is 4.98. The predicted octanol–water partition coefficient (Wildman–Crippen LogP) is 2.03. The lowest BCUT2D eigenvalue weighted by Gasteiger charge is -2.11. The van der Waals surface area contributed by atoms with E-state index in [-0.39, 0.29) is 11.6 Å². The zero-order valence-electron chi connectivity index (χ0n) is 15.3. The topological polar surface area (TPSA) is 110 Å². The maximum Gasteiger partial charge on any atom is 0.338 e. The van der Waals surface area contributed by atoms with Crippen LogP contribution in [0.2, 0.25) is 0 Å². The molecule has 2 N–H and O–H groups in total. The van der Waals surface area contributed by atoms with Crippen molar-refractivity contribution in [3.8, 4) is 0 Å². The van der Waals surface area contributed by atoms with Crippen LogP contribution in [0.4, 0.5) is 4.79 Å². The largest absolute Gasteiger partial charge is 0.452 e. The number of aromatic nitrogens is 2. The van der Waals surface area contributed by atoms with Gasteiger partial charge < -0.3 is 10.1 Å². The van der Waals surface area contributed by atoms with E-state index in [1.165, 1.54) is 0 Å². The van der Waals surface area contributed by atoms with Crippen LogP contribution in [0.5, 0.6) is 0 Å². The molecule has 138 valence electrons. The zero-order valence-corrected chi connectivity index (χ0v) is 15.3. The first kappa shape index (κ1) is 19.3. The van der Waals surface area contributed by atoms with Gasteiger partial charge in [0.25, 0.3) is 5.91 Å². The summed E-state index contributed by atoms with van der Waals surface area (Å²) in [7, 11) is 0. The van der Waals surface area contributed by atoms with Gasteiger partial charge >= 0.3 is 12.0 Å². The molecule has 0 spiro atoms. The summed E-state index contributed by atoms with van der Waals surface area (Å²) in [4.78, 5) is 44.1. The number of aryl methyl sites for hydroxylation is 2. The van der Waals surface area contributed by atoms with Crippen molar-refractivity contribution in [1.29, 1.82) is 0 Å². The number of rotatable bonds is 5. The van der Waals surface area contributed by atoms with Gasteiger partial charge in [-0.3, -0.25) is 10.1 Å². The van der Waals surface area contributed by atoms with Crippen LogP contribution in [0.3, 0.4) is 0 Å². The molecule has 26 heavy (non-hydrogen) atoms. The van der Waals surface area contributed by atoms with Gasteiger partial charge in [0.05, 0.1) is 28.0 Å². The molecule has 0 aliphatic carbocycles. The monoisotopic (exact) mass is 358 g/mol. The first-order valence-electron chi connectivity index (χ1n) is 8.32. The Morgan fingerprint density at radius 1 is 1.12 bits per heavy atom. The van der Waals surface area contributed by atoms with E-state index in [4.69, 9.17) is 4.74 Å². The highest BCUT2D eigenvalue weighted by Crippen LogP contribution is 2.15. The van der Waals surface area contributed by atoms with Gasteiger partial charge in [0.1, 0.15) is 0 Å². The number of fused-ring (bicyclic) bond motifs is 1. The Morgan fingerprint density at radius 3 is 2.42 bits per heavy atom. The van der Waals surface area contributed by atoms with E-state index in [0.29, 0.717) is 11.0 Å². The second-order valence-corrected chi connectivity index (χ2v) is 6.00. The lowest BCUT2D eigenvalue weighted by molar-refractivity contribution is -0.123. The molecule has 0 saturated heterocycles. The number of hydrogen-bond donors (Lipinski definition) is 2. The van der Waals surface area contributed by atoms with E-state index in [9.17, 15) is 14.4 Å². The summed E-state index contributed by atoms with van der Waals surface area (Å²) in [5, 5.41) is 4.69. The maximum absolute atomic E-state index is 12.1. The Bertz CT molecular complexity index is 850. The van der Waals surface area contributed by atoms with Gasteiger partial charge in [-0.1, -0.05) is 6.92 Å². The van der Waals surface area contributed by atoms with Crippen molar-refractivity contribution in [2.45, 2.75) is 40.2 Å². The molecule has 0 aliphatic heterocycles. The summed E-state index contributed by atoms with van der Waals surface area (Å²) < 4.78 is 4.95. The van der Waals surface area contributed by atoms with Gasteiger partial charge in [-0.05, 0) is 45.4 Å². The first-order valence-corrected chi connectivity index (χ1v) is 8.32. The highest BCUT2D eigenvalue weighted by Gasteiger charge is 2.14. The molecule has 0 unspecified atom stereocenters.